The Labute approximate surface area is 130 Å². The van der Waals surface area contributed by atoms with Gasteiger partial charge >= 0.3 is 0 Å². The zero-order valence-electron chi connectivity index (χ0n) is 10.9. The van der Waals surface area contributed by atoms with Crippen LogP contribution in [0, 0.1) is 5.82 Å². The number of carbonyl (C=O) groups excluding carboxylic acids is 1. The fourth-order valence-electron chi connectivity index (χ4n) is 2.57. The van der Waals surface area contributed by atoms with Crippen LogP contribution in [0.1, 0.15) is 38.5 Å². The van der Waals surface area contributed by atoms with Gasteiger partial charge in [-0.25, -0.2) is 4.39 Å². The molecule has 1 aromatic heterocycles. The second kappa shape index (κ2) is 5.78. The van der Waals surface area contributed by atoms with Crippen LogP contribution in [0.2, 0.25) is 0 Å². The van der Waals surface area contributed by atoms with Gasteiger partial charge < -0.3 is 0 Å². The van der Waals surface area contributed by atoms with E-state index in [0.717, 1.165) is 22.2 Å². The summed E-state index contributed by atoms with van der Waals surface area (Å²) >= 11 is 4.99. The SMILES string of the molecule is O=C(Cc1cc(F)ccc1Br)c1cc2c(s1)CCCC2. The second-order valence-corrected chi connectivity index (χ2v) is 7.09. The van der Waals surface area contributed by atoms with E-state index in [1.165, 1.54) is 35.4 Å². The number of thiophene rings is 1. The van der Waals surface area contributed by atoms with Gasteiger partial charge in [-0.2, -0.15) is 0 Å². The smallest absolute Gasteiger partial charge is 0.177 e. The summed E-state index contributed by atoms with van der Waals surface area (Å²) in [4.78, 5) is 14.5. The molecule has 1 aliphatic rings. The number of ketones is 1. The van der Waals surface area contributed by atoms with E-state index in [9.17, 15) is 9.18 Å². The van der Waals surface area contributed by atoms with Crippen LogP contribution in [0.3, 0.4) is 0 Å². The summed E-state index contributed by atoms with van der Waals surface area (Å²) in [7, 11) is 0. The Bertz CT molecular complexity index is 639. The third-order valence-electron chi connectivity index (χ3n) is 3.63. The number of rotatable bonds is 3. The summed E-state index contributed by atoms with van der Waals surface area (Å²) in [6, 6.07) is 6.50. The molecule has 3 rings (SSSR count). The molecule has 0 unspecified atom stereocenters. The molecule has 4 heteroatoms. The fourth-order valence-corrected chi connectivity index (χ4v) is 4.14. The van der Waals surface area contributed by atoms with Gasteiger partial charge in [-0.15, -0.1) is 11.3 Å². The molecule has 0 aliphatic heterocycles. The number of hydrogen-bond acceptors (Lipinski definition) is 2. The molecule has 0 fully saturated rings. The maximum Gasteiger partial charge on any atom is 0.177 e. The fraction of sp³-hybridized carbons (Fsp3) is 0.312. The summed E-state index contributed by atoms with van der Waals surface area (Å²) in [5.74, 6) is -0.225. The maximum atomic E-state index is 13.3. The minimum absolute atomic E-state index is 0.0794. The van der Waals surface area contributed by atoms with Crippen molar-refractivity contribution in [3.63, 3.8) is 0 Å². The van der Waals surface area contributed by atoms with Crippen molar-refractivity contribution in [2.45, 2.75) is 32.1 Å². The molecule has 0 N–H and O–H groups in total. The van der Waals surface area contributed by atoms with Crippen LogP contribution in [0.15, 0.2) is 28.7 Å². The molecule has 1 aliphatic carbocycles. The maximum absolute atomic E-state index is 13.3. The highest BCUT2D eigenvalue weighted by atomic mass is 79.9. The summed E-state index contributed by atoms with van der Waals surface area (Å²) < 4.78 is 14.0. The lowest BCUT2D eigenvalue weighted by atomic mass is 9.98. The van der Waals surface area contributed by atoms with Gasteiger partial charge in [-0.1, -0.05) is 15.9 Å². The van der Waals surface area contributed by atoms with E-state index in [1.807, 2.05) is 6.07 Å². The topological polar surface area (TPSA) is 17.1 Å². The van der Waals surface area contributed by atoms with Crippen LogP contribution >= 0.6 is 27.3 Å². The molecule has 0 saturated heterocycles. The van der Waals surface area contributed by atoms with Crippen molar-refractivity contribution in [2.24, 2.45) is 0 Å². The van der Waals surface area contributed by atoms with Crippen molar-refractivity contribution in [1.82, 2.24) is 0 Å². The summed E-state index contributed by atoms with van der Waals surface area (Å²) in [5, 5.41) is 0. The molecular weight excluding hydrogens is 339 g/mol. The average Bonchev–Trinajstić information content (AvgIpc) is 2.87. The first-order chi connectivity index (χ1) is 9.63. The molecule has 0 saturated carbocycles. The minimum Gasteiger partial charge on any atom is -0.293 e. The van der Waals surface area contributed by atoms with E-state index < -0.39 is 0 Å². The van der Waals surface area contributed by atoms with Crippen molar-refractivity contribution >= 4 is 33.0 Å². The molecule has 0 bridgehead atoms. The van der Waals surface area contributed by atoms with Crippen molar-refractivity contribution in [3.05, 3.63) is 55.4 Å². The number of hydrogen-bond donors (Lipinski definition) is 0. The van der Waals surface area contributed by atoms with Crippen LogP contribution < -0.4 is 0 Å². The lowest BCUT2D eigenvalue weighted by Crippen LogP contribution is -2.02. The molecule has 1 aromatic carbocycles. The molecule has 0 amide bonds. The highest BCUT2D eigenvalue weighted by molar-refractivity contribution is 9.10. The summed E-state index contributed by atoms with van der Waals surface area (Å²) in [5.41, 5.74) is 2.05. The predicted molar refractivity (Wildman–Crippen MR) is 83.1 cm³/mol. The van der Waals surface area contributed by atoms with Gasteiger partial charge in [0.25, 0.3) is 0 Å². The number of carbonyl (C=O) groups is 1. The quantitative estimate of drug-likeness (QED) is 0.714. The van der Waals surface area contributed by atoms with Gasteiger partial charge in [0.2, 0.25) is 0 Å². The average molecular weight is 353 g/mol. The number of aryl methyl sites for hydroxylation is 2. The van der Waals surface area contributed by atoms with Crippen LogP contribution in [0.5, 0.6) is 0 Å². The van der Waals surface area contributed by atoms with Crippen LogP contribution in [0.4, 0.5) is 4.39 Å². The van der Waals surface area contributed by atoms with E-state index in [1.54, 1.807) is 17.4 Å². The Kier molecular flexibility index (Phi) is 4.03. The first kappa shape index (κ1) is 14.0. The van der Waals surface area contributed by atoms with E-state index >= 15 is 0 Å². The number of benzene rings is 1. The first-order valence-corrected chi connectivity index (χ1v) is 8.33. The molecule has 20 heavy (non-hydrogen) atoms. The zero-order valence-corrected chi connectivity index (χ0v) is 13.3. The standard InChI is InChI=1S/C16H14BrFOS/c17-13-6-5-12(18)7-11(13)8-14(19)16-9-10-3-1-2-4-15(10)20-16/h5-7,9H,1-4,8H2. The van der Waals surface area contributed by atoms with Crippen LogP contribution in [0.25, 0.3) is 0 Å². The molecule has 0 radical (unpaired) electrons. The largest absolute Gasteiger partial charge is 0.293 e. The number of halogens is 2. The van der Waals surface area contributed by atoms with Crippen molar-refractivity contribution < 1.29 is 9.18 Å². The molecule has 0 atom stereocenters. The van der Waals surface area contributed by atoms with Crippen molar-refractivity contribution in [2.75, 3.05) is 0 Å². The van der Waals surface area contributed by atoms with E-state index in [-0.39, 0.29) is 18.0 Å². The van der Waals surface area contributed by atoms with Gasteiger partial charge in [0.15, 0.2) is 5.78 Å². The summed E-state index contributed by atoms with van der Waals surface area (Å²) in [6.07, 6.45) is 4.86. The van der Waals surface area contributed by atoms with Gasteiger partial charge in [-0.3, -0.25) is 4.79 Å². The lowest BCUT2D eigenvalue weighted by molar-refractivity contribution is 0.0996. The molecule has 1 heterocycles. The van der Waals surface area contributed by atoms with Crippen molar-refractivity contribution in [1.29, 1.82) is 0 Å². The molecular formula is C16H14BrFOS. The van der Waals surface area contributed by atoms with Gasteiger partial charge in [0.1, 0.15) is 5.82 Å². The Morgan fingerprint density at radius 3 is 2.85 bits per heavy atom. The highest BCUT2D eigenvalue weighted by Crippen LogP contribution is 2.31. The van der Waals surface area contributed by atoms with Gasteiger partial charge in [0, 0.05) is 15.8 Å². The van der Waals surface area contributed by atoms with Gasteiger partial charge in [-0.05, 0) is 61.1 Å². The van der Waals surface area contributed by atoms with E-state index in [2.05, 4.69) is 15.9 Å². The molecule has 0 spiro atoms. The Morgan fingerprint density at radius 2 is 2.05 bits per heavy atom. The lowest BCUT2D eigenvalue weighted by Gasteiger charge is -2.08. The van der Waals surface area contributed by atoms with Crippen LogP contribution in [-0.4, -0.2) is 5.78 Å². The third-order valence-corrected chi connectivity index (χ3v) is 5.68. The molecule has 2 aromatic rings. The Hall–Kier alpha value is -1.00. The third kappa shape index (κ3) is 2.86. The number of Topliss-reactive ketones (excluding diaryl/α,β-unsaturated/α-hetero) is 1. The Morgan fingerprint density at radius 1 is 1.25 bits per heavy atom. The highest BCUT2D eigenvalue weighted by Gasteiger charge is 2.18. The van der Waals surface area contributed by atoms with Gasteiger partial charge in [0.05, 0.1) is 4.88 Å². The zero-order chi connectivity index (χ0) is 14.1. The van der Waals surface area contributed by atoms with E-state index in [0.29, 0.717) is 5.56 Å². The Balaban J connectivity index is 1.82. The van der Waals surface area contributed by atoms with Crippen molar-refractivity contribution in [3.8, 4) is 0 Å². The summed E-state index contributed by atoms with van der Waals surface area (Å²) in [6.45, 7) is 0. The number of fused-ring (bicyclic) bond motifs is 1. The minimum atomic E-state index is -0.304. The van der Waals surface area contributed by atoms with E-state index in [4.69, 9.17) is 0 Å². The normalized spacial score (nSPS) is 14.1. The second-order valence-electron chi connectivity index (χ2n) is 5.10. The molecule has 1 nitrogen and oxygen atoms in total. The molecule has 104 valence electrons. The predicted octanol–water partition coefficient (Wildman–Crippen LogP) is 4.95. The van der Waals surface area contributed by atoms with Crippen LogP contribution in [-0.2, 0) is 19.3 Å². The monoisotopic (exact) mass is 352 g/mol. The first-order valence-electron chi connectivity index (χ1n) is 6.72.